The maximum atomic E-state index is 12.1. The molecular formula is C10H23BN2O3. The maximum Gasteiger partial charge on any atom is 0.374 e. The molecule has 0 saturated heterocycles. The van der Waals surface area contributed by atoms with E-state index in [4.69, 9.17) is 5.11 Å². The van der Waals surface area contributed by atoms with Crippen LogP contribution < -0.4 is 5.23 Å². The highest BCUT2D eigenvalue weighted by molar-refractivity contribution is 6.46. The lowest BCUT2D eigenvalue weighted by atomic mass is 9.86. The quantitative estimate of drug-likeness (QED) is 0.525. The van der Waals surface area contributed by atoms with Gasteiger partial charge in [0.1, 0.15) is 0 Å². The Morgan fingerprint density at radius 2 is 2.06 bits per heavy atom. The van der Waals surface area contributed by atoms with Gasteiger partial charge in [0.2, 0.25) is 5.91 Å². The fourth-order valence-electron chi connectivity index (χ4n) is 1.64. The molecule has 0 aromatic rings. The van der Waals surface area contributed by atoms with Crippen molar-refractivity contribution in [2.45, 2.75) is 46.1 Å². The third-order valence-corrected chi connectivity index (χ3v) is 2.57. The molecule has 0 aliphatic heterocycles. The SMILES string of the molecule is CC[C@H](NB(C)O)C(=O)N(CC)[C@@H](C)CO. The highest BCUT2D eigenvalue weighted by Crippen LogP contribution is 2.04. The highest BCUT2D eigenvalue weighted by Gasteiger charge is 2.26. The molecule has 94 valence electrons. The van der Waals surface area contributed by atoms with Gasteiger partial charge in [-0.3, -0.25) is 4.79 Å². The number of rotatable bonds is 7. The first kappa shape index (κ1) is 15.4. The summed E-state index contributed by atoms with van der Waals surface area (Å²) < 4.78 is 0. The number of nitrogens with zero attached hydrogens (tertiary/aromatic N) is 1. The number of amides is 1. The van der Waals surface area contributed by atoms with Crippen LogP contribution in [0.25, 0.3) is 0 Å². The molecule has 0 radical (unpaired) electrons. The molecular weight excluding hydrogens is 207 g/mol. The van der Waals surface area contributed by atoms with Crippen molar-refractivity contribution in [3.63, 3.8) is 0 Å². The molecule has 0 saturated carbocycles. The lowest BCUT2D eigenvalue weighted by Gasteiger charge is -2.30. The van der Waals surface area contributed by atoms with E-state index in [2.05, 4.69) is 5.23 Å². The van der Waals surface area contributed by atoms with Crippen LogP contribution in [0.2, 0.25) is 6.82 Å². The molecule has 0 heterocycles. The van der Waals surface area contributed by atoms with Crippen LogP contribution in [-0.4, -0.2) is 53.2 Å². The standard InChI is InChI=1S/C10H23BN2O3/c1-5-9(12-11(4)16)10(15)13(6-2)8(3)7-14/h8-9,12,14,16H,5-7H2,1-4H3/t8-,9-/m0/s1. The lowest BCUT2D eigenvalue weighted by molar-refractivity contribution is -0.135. The Morgan fingerprint density at radius 1 is 1.50 bits per heavy atom. The summed E-state index contributed by atoms with van der Waals surface area (Å²) in [5.74, 6) is -0.0764. The molecule has 0 unspecified atom stereocenters. The molecule has 0 aromatic heterocycles. The Balaban J connectivity index is 4.56. The van der Waals surface area contributed by atoms with E-state index >= 15 is 0 Å². The first-order valence-electron chi connectivity index (χ1n) is 5.83. The number of aliphatic hydroxyl groups is 1. The third-order valence-electron chi connectivity index (χ3n) is 2.57. The van der Waals surface area contributed by atoms with Crippen LogP contribution in [-0.2, 0) is 4.79 Å². The predicted octanol–water partition coefficient (Wildman–Crippen LogP) is -0.306. The average Bonchev–Trinajstić information content (AvgIpc) is 2.25. The molecule has 5 nitrogen and oxygen atoms in total. The van der Waals surface area contributed by atoms with Crippen molar-refractivity contribution < 1.29 is 14.9 Å². The number of carbonyl (C=O) groups is 1. The Bertz CT molecular complexity index is 214. The number of likely N-dealkylation sites (N-methyl/N-ethyl adjacent to an activating group) is 1. The van der Waals surface area contributed by atoms with Gasteiger partial charge in [0, 0.05) is 6.54 Å². The van der Waals surface area contributed by atoms with Gasteiger partial charge in [-0.1, -0.05) is 6.92 Å². The number of aliphatic hydroxyl groups excluding tert-OH is 1. The molecule has 0 bridgehead atoms. The van der Waals surface area contributed by atoms with Crippen LogP contribution in [0.1, 0.15) is 27.2 Å². The third kappa shape index (κ3) is 4.51. The Labute approximate surface area is 98.0 Å². The maximum absolute atomic E-state index is 12.1. The molecule has 0 fully saturated rings. The smallest absolute Gasteiger partial charge is 0.374 e. The molecule has 0 aliphatic carbocycles. The van der Waals surface area contributed by atoms with Crippen LogP contribution in [0.5, 0.6) is 0 Å². The van der Waals surface area contributed by atoms with Crippen molar-refractivity contribution in [1.29, 1.82) is 0 Å². The predicted molar refractivity (Wildman–Crippen MR) is 65.0 cm³/mol. The number of hydrogen-bond donors (Lipinski definition) is 3. The van der Waals surface area contributed by atoms with Gasteiger partial charge >= 0.3 is 7.05 Å². The number of carbonyl (C=O) groups excluding carboxylic acids is 1. The largest absolute Gasteiger partial charge is 0.437 e. The monoisotopic (exact) mass is 230 g/mol. The van der Waals surface area contributed by atoms with E-state index in [9.17, 15) is 9.82 Å². The number of hydrogen-bond acceptors (Lipinski definition) is 4. The Morgan fingerprint density at radius 3 is 2.38 bits per heavy atom. The van der Waals surface area contributed by atoms with E-state index in [-0.39, 0.29) is 18.6 Å². The molecule has 6 heteroatoms. The van der Waals surface area contributed by atoms with Gasteiger partial charge in [-0.2, -0.15) is 0 Å². The zero-order chi connectivity index (χ0) is 12.7. The molecule has 0 rings (SSSR count). The fraction of sp³-hybridized carbons (Fsp3) is 0.900. The van der Waals surface area contributed by atoms with Crippen LogP contribution in [0.4, 0.5) is 0 Å². The Hall–Kier alpha value is -0.585. The van der Waals surface area contributed by atoms with Crippen LogP contribution in [0.15, 0.2) is 0 Å². The normalized spacial score (nSPS) is 14.4. The minimum atomic E-state index is -0.711. The second-order valence-corrected chi connectivity index (χ2v) is 3.96. The molecule has 16 heavy (non-hydrogen) atoms. The van der Waals surface area contributed by atoms with Crippen molar-refractivity contribution in [1.82, 2.24) is 10.1 Å². The van der Waals surface area contributed by atoms with E-state index in [0.29, 0.717) is 13.0 Å². The van der Waals surface area contributed by atoms with Crippen molar-refractivity contribution in [3.05, 3.63) is 0 Å². The number of nitrogens with one attached hydrogen (secondary N) is 1. The van der Waals surface area contributed by atoms with Crippen molar-refractivity contribution in [2.24, 2.45) is 0 Å². The molecule has 2 atom stereocenters. The molecule has 0 aliphatic rings. The van der Waals surface area contributed by atoms with Gasteiger partial charge in [0.05, 0.1) is 18.7 Å². The second-order valence-electron chi connectivity index (χ2n) is 3.96. The fourth-order valence-corrected chi connectivity index (χ4v) is 1.64. The summed E-state index contributed by atoms with van der Waals surface area (Å²) in [6.07, 6.45) is 0.610. The molecule has 0 aromatic carbocycles. The van der Waals surface area contributed by atoms with Gasteiger partial charge in [-0.25, -0.2) is 0 Å². The van der Waals surface area contributed by atoms with Crippen LogP contribution in [0.3, 0.4) is 0 Å². The topological polar surface area (TPSA) is 72.8 Å². The van der Waals surface area contributed by atoms with E-state index in [1.165, 1.54) is 0 Å². The van der Waals surface area contributed by atoms with Crippen LogP contribution >= 0.6 is 0 Å². The van der Waals surface area contributed by atoms with Crippen LogP contribution in [0, 0.1) is 0 Å². The summed E-state index contributed by atoms with van der Waals surface area (Å²) in [6.45, 7) is 7.65. The minimum absolute atomic E-state index is 0.0509. The second kappa shape index (κ2) is 7.65. The average molecular weight is 230 g/mol. The van der Waals surface area contributed by atoms with E-state index in [1.54, 1.807) is 18.6 Å². The zero-order valence-corrected chi connectivity index (χ0v) is 10.6. The highest BCUT2D eigenvalue weighted by atomic mass is 16.3. The van der Waals surface area contributed by atoms with Gasteiger partial charge in [0.15, 0.2) is 0 Å². The summed E-state index contributed by atoms with van der Waals surface area (Å²) in [4.78, 5) is 13.7. The van der Waals surface area contributed by atoms with E-state index < -0.39 is 13.1 Å². The first-order valence-corrected chi connectivity index (χ1v) is 5.83. The molecule has 1 amide bonds. The van der Waals surface area contributed by atoms with Crippen molar-refractivity contribution in [3.8, 4) is 0 Å². The van der Waals surface area contributed by atoms with E-state index in [0.717, 1.165) is 0 Å². The first-order chi connectivity index (χ1) is 7.47. The van der Waals surface area contributed by atoms with E-state index in [1.807, 2.05) is 13.8 Å². The summed E-state index contributed by atoms with van der Waals surface area (Å²) >= 11 is 0. The summed E-state index contributed by atoms with van der Waals surface area (Å²) in [6, 6.07) is -0.587. The van der Waals surface area contributed by atoms with Gasteiger partial charge in [-0.05, 0) is 27.1 Å². The molecule has 3 N–H and O–H groups in total. The van der Waals surface area contributed by atoms with Crippen molar-refractivity contribution >= 4 is 13.0 Å². The van der Waals surface area contributed by atoms with Gasteiger partial charge < -0.3 is 20.3 Å². The van der Waals surface area contributed by atoms with Crippen molar-refractivity contribution in [2.75, 3.05) is 13.2 Å². The summed E-state index contributed by atoms with van der Waals surface area (Å²) in [7, 11) is -0.711. The zero-order valence-electron chi connectivity index (χ0n) is 10.6. The molecule has 0 spiro atoms. The lowest BCUT2D eigenvalue weighted by Crippen LogP contribution is -2.53. The minimum Gasteiger partial charge on any atom is -0.437 e. The van der Waals surface area contributed by atoms with Gasteiger partial charge in [0.25, 0.3) is 0 Å². The Kier molecular flexibility index (Phi) is 7.37. The summed E-state index contributed by atoms with van der Waals surface area (Å²) in [5.41, 5.74) is 0. The summed E-state index contributed by atoms with van der Waals surface area (Å²) in [5, 5.41) is 21.1. The van der Waals surface area contributed by atoms with Gasteiger partial charge in [-0.15, -0.1) is 0 Å².